The molecule has 1 aliphatic rings. The maximum Gasteiger partial charge on any atom is 0.205 e. The molecule has 0 unspecified atom stereocenters. The quantitative estimate of drug-likeness (QED) is 0.757. The van der Waals surface area contributed by atoms with Crippen LogP contribution in [0.25, 0.3) is 11.2 Å². The zero-order valence-corrected chi connectivity index (χ0v) is 10.2. The van der Waals surface area contributed by atoms with Crippen molar-refractivity contribution >= 4 is 17.0 Å². The summed E-state index contributed by atoms with van der Waals surface area (Å²) in [6.07, 6.45) is 8.20. The number of anilines is 1. The molecule has 20 heavy (non-hydrogen) atoms. The Bertz CT molecular complexity index is 750. The van der Waals surface area contributed by atoms with Crippen LogP contribution in [0.3, 0.4) is 0 Å². The molecule has 2 atom stereocenters. The smallest absolute Gasteiger partial charge is 0.205 e. The molecule has 3 heterocycles. The van der Waals surface area contributed by atoms with Crippen molar-refractivity contribution in [1.82, 2.24) is 19.5 Å². The molecule has 0 spiro atoms. The first-order valence-electron chi connectivity index (χ1n) is 5.68. The molecule has 0 fully saturated rings. The molecule has 0 radical (unpaired) electrons. The number of fused-ring (bicyclic) bond motifs is 1. The summed E-state index contributed by atoms with van der Waals surface area (Å²) in [5.74, 6) is 1.61. The average Bonchev–Trinajstić information content (AvgIpc) is 3.01. The maximum atomic E-state index is 13.9. The first kappa shape index (κ1) is 12.5. The summed E-state index contributed by atoms with van der Waals surface area (Å²) in [5, 5.41) is 9.24. The van der Waals surface area contributed by atoms with Crippen LogP contribution >= 0.6 is 0 Å². The van der Waals surface area contributed by atoms with Gasteiger partial charge in [0.1, 0.15) is 17.7 Å². The van der Waals surface area contributed by atoms with Crippen molar-refractivity contribution in [2.24, 2.45) is 0 Å². The third-order valence-corrected chi connectivity index (χ3v) is 3.11. The summed E-state index contributed by atoms with van der Waals surface area (Å²) in [6.45, 7) is -0.661. The number of hydrogen-bond donors (Lipinski definition) is 2. The van der Waals surface area contributed by atoms with E-state index in [9.17, 15) is 9.50 Å². The van der Waals surface area contributed by atoms with Crippen LogP contribution in [0, 0.1) is 12.3 Å². The number of aromatic nitrogens is 4. The highest BCUT2D eigenvalue weighted by molar-refractivity contribution is 5.81. The maximum absolute atomic E-state index is 13.9. The first-order valence-corrected chi connectivity index (χ1v) is 5.68. The lowest BCUT2D eigenvalue weighted by molar-refractivity contribution is -0.0586. The number of aliphatic hydroxyl groups excluding tert-OH is 1. The fraction of sp³-hybridized carbons (Fsp3) is 0.250. The first-order chi connectivity index (χ1) is 9.61. The molecular weight excluding hydrogens is 265 g/mol. The number of rotatable bonds is 2. The minimum Gasteiger partial charge on any atom is -0.392 e. The van der Waals surface area contributed by atoms with E-state index in [4.69, 9.17) is 16.9 Å². The molecule has 3 N–H and O–H groups in total. The highest BCUT2D eigenvalue weighted by Crippen LogP contribution is 2.37. The summed E-state index contributed by atoms with van der Waals surface area (Å²) < 4.78 is 20.8. The molecule has 0 aromatic carbocycles. The summed E-state index contributed by atoms with van der Waals surface area (Å²) in [4.78, 5) is 11.9. The molecule has 0 saturated carbocycles. The van der Waals surface area contributed by atoms with Crippen LogP contribution in [-0.4, -0.2) is 36.8 Å². The molecule has 0 bridgehead atoms. The number of nitrogens with zero attached hydrogens (tertiary/aromatic N) is 4. The van der Waals surface area contributed by atoms with Gasteiger partial charge in [0, 0.05) is 6.08 Å². The van der Waals surface area contributed by atoms with Crippen LogP contribution in [0.4, 0.5) is 10.2 Å². The van der Waals surface area contributed by atoms with Crippen molar-refractivity contribution in [1.29, 1.82) is 0 Å². The molecule has 2 aromatic heterocycles. The summed E-state index contributed by atoms with van der Waals surface area (Å²) in [5.41, 5.74) is 4.68. The topological polar surface area (TPSA) is 99.1 Å². The number of nitrogens with two attached hydrogens (primary N) is 1. The van der Waals surface area contributed by atoms with E-state index in [0.717, 1.165) is 6.08 Å². The Balaban J connectivity index is 2.07. The van der Waals surface area contributed by atoms with Gasteiger partial charge in [0.15, 0.2) is 17.7 Å². The van der Waals surface area contributed by atoms with E-state index in [1.165, 1.54) is 17.2 Å². The standard InChI is InChI=1S/C12H10FN5O2/c1-2-12(4-19)7(13)3-8(20-12)18-6-17-9-10(14)15-5-16-11(9)18/h1,3,5-6,8,19H,4H2,(H2,14,15,16)/t8-,12-/m1/s1. The van der Waals surface area contributed by atoms with E-state index >= 15 is 0 Å². The second-order valence-corrected chi connectivity index (χ2v) is 4.24. The van der Waals surface area contributed by atoms with Gasteiger partial charge in [0.2, 0.25) is 5.60 Å². The lowest BCUT2D eigenvalue weighted by Gasteiger charge is -2.22. The number of terminal acetylenes is 1. The highest BCUT2D eigenvalue weighted by atomic mass is 19.1. The zero-order valence-electron chi connectivity index (χ0n) is 10.2. The van der Waals surface area contributed by atoms with E-state index in [2.05, 4.69) is 20.9 Å². The number of hydrogen-bond acceptors (Lipinski definition) is 6. The zero-order chi connectivity index (χ0) is 14.3. The Hall–Kier alpha value is -2.50. The largest absolute Gasteiger partial charge is 0.392 e. The van der Waals surface area contributed by atoms with Crippen LogP contribution in [-0.2, 0) is 4.74 Å². The molecule has 7 nitrogen and oxygen atoms in total. The molecule has 0 amide bonds. The minimum atomic E-state index is -1.76. The number of halogens is 1. The second kappa shape index (κ2) is 4.26. The molecule has 3 rings (SSSR count). The summed E-state index contributed by atoms with van der Waals surface area (Å²) in [7, 11) is 0. The average molecular weight is 275 g/mol. The lowest BCUT2D eigenvalue weighted by atomic mass is 10.1. The Labute approximate surface area is 112 Å². The van der Waals surface area contributed by atoms with Gasteiger partial charge < -0.3 is 15.6 Å². The van der Waals surface area contributed by atoms with Crippen molar-refractivity contribution in [3.63, 3.8) is 0 Å². The molecule has 2 aromatic rings. The fourth-order valence-corrected chi connectivity index (χ4v) is 2.01. The third-order valence-electron chi connectivity index (χ3n) is 3.11. The SMILES string of the molecule is C#C[C@]1(CO)O[C@@H](n2cnc3c(N)ncnc32)C=C1F. The van der Waals surface area contributed by atoms with E-state index < -0.39 is 24.3 Å². The minimum absolute atomic E-state index is 0.210. The van der Waals surface area contributed by atoms with Crippen LogP contribution in [0.2, 0.25) is 0 Å². The summed E-state index contributed by atoms with van der Waals surface area (Å²) >= 11 is 0. The van der Waals surface area contributed by atoms with Crippen molar-refractivity contribution in [3.05, 3.63) is 24.6 Å². The van der Waals surface area contributed by atoms with Crippen LogP contribution in [0.15, 0.2) is 24.6 Å². The van der Waals surface area contributed by atoms with Gasteiger partial charge in [0.05, 0.1) is 12.9 Å². The predicted octanol–water partition coefficient (Wildman–Crippen LogP) is 0.155. The van der Waals surface area contributed by atoms with E-state index in [-0.39, 0.29) is 5.82 Å². The van der Waals surface area contributed by atoms with Gasteiger partial charge in [-0.3, -0.25) is 4.57 Å². The number of ether oxygens (including phenoxy) is 1. The van der Waals surface area contributed by atoms with Crippen molar-refractivity contribution in [3.8, 4) is 12.3 Å². The molecule has 8 heteroatoms. The highest BCUT2D eigenvalue weighted by Gasteiger charge is 2.43. The van der Waals surface area contributed by atoms with Gasteiger partial charge in [0.25, 0.3) is 0 Å². The fourth-order valence-electron chi connectivity index (χ4n) is 2.01. The van der Waals surface area contributed by atoms with Gasteiger partial charge in [-0.15, -0.1) is 6.42 Å². The van der Waals surface area contributed by atoms with Crippen LogP contribution < -0.4 is 5.73 Å². The van der Waals surface area contributed by atoms with Gasteiger partial charge in [-0.2, -0.15) is 0 Å². The van der Waals surface area contributed by atoms with E-state index in [1.54, 1.807) is 0 Å². The normalized spacial score (nSPS) is 25.6. The Morgan fingerprint density at radius 1 is 1.55 bits per heavy atom. The lowest BCUT2D eigenvalue weighted by Crippen LogP contribution is -2.33. The Kier molecular flexibility index (Phi) is 2.67. The number of nitrogen functional groups attached to an aromatic ring is 1. The Morgan fingerprint density at radius 2 is 2.35 bits per heavy atom. The van der Waals surface area contributed by atoms with Gasteiger partial charge >= 0.3 is 0 Å². The van der Waals surface area contributed by atoms with E-state index in [1.807, 2.05) is 0 Å². The molecule has 1 aliphatic heterocycles. The third kappa shape index (κ3) is 1.57. The van der Waals surface area contributed by atoms with Crippen molar-refractivity contribution in [2.45, 2.75) is 11.8 Å². The van der Waals surface area contributed by atoms with Crippen LogP contribution in [0.5, 0.6) is 0 Å². The van der Waals surface area contributed by atoms with Crippen molar-refractivity contribution < 1.29 is 14.2 Å². The van der Waals surface area contributed by atoms with Crippen LogP contribution in [0.1, 0.15) is 6.23 Å². The molecule has 0 saturated heterocycles. The van der Waals surface area contributed by atoms with Gasteiger partial charge in [-0.25, -0.2) is 19.3 Å². The van der Waals surface area contributed by atoms with Crippen molar-refractivity contribution in [2.75, 3.05) is 12.3 Å². The predicted molar refractivity (Wildman–Crippen MR) is 67.7 cm³/mol. The molecule has 102 valence electrons. The molecule has 0 aliphatic carbocycles. The molecular formula is C12H10FN5O2. The number of aliphatic hydroxyl groups is 1. The van der Waals surface area contributed by atoms with Gasteiger partial charge in [-0.05, 0) is 0 Å². The summed E-state index contributed by atoms with van der Waals surface area (Å²) in [6, 6.07) is 0. The second-order valence-electron chi connectivity index (χ2n) is 4.24. The number of imidazole rings is 1. The Morgan fingerprint density at radius 3 is 3.00 bits per heavy atom. The monoisotopic (exact) mass is 275 g/mol. The van der Waals surface area contributed by atoms with E-state index in [0.29, 0.717) is 11.2 Å². The van der Waals surface area contributed by atoms with Gasteiger partial charge in [-0.1, -0.05) is 5.92 Å².